The van der Waals surface area contributed by atoms with E-state index >= 15 is 0 Å². The van der Waals surface area contributed by atoms with Crippen molar-refractivity contribution >= 4 is 17.6 Å². The first-order valence-corrected chi connectivity index (χ1v) is 5.99. The molecule has 2 rings (SSSR count). The van der Waals surface area contributed by atoms with Gasteiger partial charge in [-0.05, 0) is 42.9 Å². The Bertz CT molecular complexity index is 372. The Morgan fingerprint density at radius 3 is 2.75 bits per heavy atom. The fourth-order valence-electron chi connectivity index (χ4n) is 2.03. The van der Waals surface area contributed by atoms with Crippen LogP contribution in [0, 0.1) is 5.92 Å². The summed E-state index contributed by atoms with van der Waals surface area (Å²) >= 11 is 5.82. The highest BCUT2D eigenvalue weighted by molar-refractivity contribution is 6.30. The van der Waals surface area contributed by atoms with E-state index in [0.717, 1.165) is 11.4 Å². The Kier molecular flexibility index (Phi) is 3.49. The first-order chi connectivity index (χ1) is 7.70. The quantitative estimate of drug-likeness (QED) is 0.752. The van der Waals surface area contributed by atoms with Crippen LogP contribution in [0.3, 0.4) is 0 Å². The largest absolute Gasteiger partial charge is 0.466 e. The van der Waals surface area contributed by atoms with Gasteiger partial charge in [0, 0.05) is 11.4 Å². The molecule has 0 aliphatic heterocycles. The Hall–Kier alpha value is -1.02. The summed E-state index contributed by atoms with van der Waals surface area (Å²) in [6.07, 6.45) is 1.63. The van der Waals surface area contributed by atoms with Crippen LogP contribution in [0.1, 0.15) is 31.2 Å². The molecule has 1 aliphatic carbocycles. The number of rotatable bonds is 4. The van der Waals surface area contributed by atoms with Crippen molar-refractivity contribution in [2.24, 2.45) is 5.92 Å². The normalized spacial score (nSPS) is 22.9. The molecule has 0 aromatic heterocycles. The average molecular weight is 239 g/mol. The van der Waals surface area contributed by atoms with Crippen LogP contribution in [-0.2, 0) is 9.53 Å². The van der Waals surface area contributed by atoms with E-state index in [9.17, 15) is 4.79 Å². The van der Waals surface area contributed by atoms with Crippen molar-refractivity contribution in [2.75, 3.05) is 6.61 Å². The third-order valence-electron chi connectivity index (χ3n) is 2.95. The molecule has 0 radical (unpaired) electrons. The second-order valence-corrected chi connectivity index (χ2v) is 4.60. The Morgan fingerprint density at radius 1 is 1.44 bits per heavy atom. The van der Waals surface area contributed by atoms with Gasteiger partial charge in [0.05, 0.1) is 6.61 Å². The third kappa shape index (κ3) is 2.76. The number of carbonyl (C=O) groups is 1. The maximum atomic E-state index is 11.3. The van der Waals surface area contributed by atoms with Gasteiger partial charge in [-0.25, -0.2) is 0 Å². The van der Waals surface area contributed by atoms with Crippen LogP contribution >= 0.6 is 11.6 Å². The molecule has 1 aliphatic rings. The summed E-state index contributed by atoms with van der Waals surface area (Å²) in [4.78, 5) is 11.3. The summed E-state index contributed by atoms with van der Waals surface area (Å²) < 4.78 is 4.94. The Labute approximate surface area is 101 Å². The third-order valence-corrected chi connectivity index (χ3v) is 3.21. The Balaban J connectivity index is 1.87. The number of hydrogen-bond donors (Lipinski definition) is 0. The SMILES string of the molecule is CCOC(=O)CC1CC1c1ccc(Cl)cc1. The van der Waals surface area contributed by atoms with Crippen molar-refractivity contribution in [1.29, 1.82) is 0 Å². The van der Waals surface area contributed by atoms with Gasteiger partial charge in [0.25, 0.3) is 0 Å². The monoisotopic (exact) mass is 238 g/mol. The van der Waals surface area contributed by atoms with E-state index in [1.54, 1.807) is 0 Å². The van der Waals surface area contributed by atoms with E-state index in [4.69, 9.17) is 16.3 Å². The molecule has 1 fully saturated rings. The van der Waals surface area contributed by atoms with Crippen LogP contribution < -0.4 is 0 Å². The lowest BCUT2D eigenvalue weighted by Crippen LogP contribution is -2.04. The summed E-state index contributed by atoms with van der Waals surface area (Å²) in [6.45, 7) is 2.30. The lowest BCUT2D eigenvalue weighted by Gasteiger charge is -2.01. The molecule has 86 valence electrons. The molecular weight excluding hydrogens is 224 g/mol. The fraction of sp³-hybridized carbons (Fsp3) is 0.462. The van der Waals surface area contributed by atoms with Gasteiger partial charge in [0.15, 0.2) is 0 Å². The van der Waals surface area contributed by atoms with Crippen molar-refractivity contribution in [3.8, 4) is 0 Å². The van der Waals surface area contributed by atoms with Gasteiger partial charge in [-0.3, -0.25) is 4.79 Å². The highest BCUT2D eigenvalue weighted by Crippen LogP contribution is 2.49. The number of ether oxygens (including phenoxy) is 1. The highest BCUT2D eigenvalue weighted by Gasteiger charge is 2.39. The van der Waals surface area contributed by atoms with Crippen LogP contribution in [-0.4, -0.2) is 12.6 Å². The molecule has 16 heavy (non-hydrogen) atoms. The predicted molar refractivity (Wildman–Crippen MR) is 63.6 cm³/mol. The highest BCUT2D eigenvalue weighted by atomic mass is 35.5. The number of esters is 1. The van der Waals surface area contributed by atoms with Gasteiger partial charge in [-0.2, -0.15) is 0 Å². The summed E-state index contributed by atoms with van der Waals surface area (Å²) in [6, 6.07) is 7.88. The van der Waals surface area contributed by atoms with Crippen LogP contribution in [0.2, 0.25) is 5.02 Å². The summed E-state index contributed by atoms with van der Waals surface area (Å²) in [7, 11) is 0. The smallest absolute Gasteiger partial charge is 0.306 e. The van der Waals surface area contributed by atoms with E-state index in [1.807, 2.05) is 31.2 Å². The van der Waals surface area contributed by atoms with Crippen molar-refractivity contribution in [1.82, 2.24) is 0 Å². The molecule has 3 heteroatoms. The van der Waals surface area contributed by atoms with Crippen molar-refractivity contribution in [3.05, 3.63) is 34.9 Å². The molecule has 0 heterocycles. The van der Waals surface area contributed by atoms with Crippen molar-refractivity contribution in [3.63, 3.8) is 0 Å². The van der Waals surface area contributed by atoms with E-state index in [0.29, 0.717) is 24.9 Å². The first kappa shape index (κ1) is 11.5. The van der Waals surface area contributed by atoms with Gasteiger partial charge in [0.1, 0.15) is 0 Å². The molecule has 2 unspecified atom stereocenters. The van der Waals surface area contributed by atoms with Crippen LogP contribution in [0.15, 0.2) is 24.3 Å². The number of hydrogen-bond acceptors (Lipinski definition) is 2. The lowest BCUT2D eigenvalue weighted by molar-refractivity contribution is -0.143. The summed E-state index contributed by atoms with van der Waals surface area (Å²) in [5, 5.41) is 0.756. The van der Waals surface area contributed by atoms with Gasteiger partial charge >= 0.3 is 5.97 Å². The van der Waals surface area contributed by atoms with E-state index in [-0.39, 0.29) is 5.97 Å². The van der Waals surface area contributed by atoms with Crippen LogP contribution in [0.5, 0.6) is 0 Å². The molecule has 1 aromatic rings. The molecule has 2 nitrogen and oxygen atoms in total. The average Bonchev–Trinajstić information content (AvgIpc) is 2.98. The topological polar surface area (TPSA) is 26.3 Å². The molecule has 1 aromatic carbocycles. The molecule has 0 bridgehead atoms. The van der Waals surface area contributed by atoms with Gasteiger partial charge < -0.3 is 4.74 Å². The molecule has 0 amide bonds. The van der Waals surface area contributed by atoms with Crippen LogP contribution in [0.25, 0.3) is 0 Å². The van der Waals surface area contributed by atoms with Gasteiger partial charge in [0.2, 0.25) is 0 Å². The first-order valence-electron chi connectivity index (χ1n) is 5.61. The van der Waals surface area contributed by atoms with E-state index in [1.165, 1.54) is 5.56 Å². The molecule has 0 spiro atoms. The maximum Gasteiger partial charge on any atom is 0.306 e. The van der Waals surface area contributed by atoms with E-state index < -0.39 is 0 Å². The van der Waals surface area contributed by atoms with E-state index in [2.05, 4.69) is 0 Å². The van der Waals surface area contributed by atoms with Crippen molar-refractivity contribution < 1.29 is 9.53 Å². The minimum Gasteiger partial charge on any atom is -0.466 e. The molecule has 2 atom stereocenters. The maximum absolute atomic E-state index is 11.3. The predicted octanol–water partition coefficient (Wildman–Crippen LogP) is 3.40. The van der Waals surface area contributed by atoms with Gasteiger partial charge in [-0.15, -0.1) is 0 Å². The molecule has 1 saturated carbocycles. The zero-order valence-electron chi connectivity index (χ0n) is 9.28. The zero-order valence-corrected chi connectivity index (χ0v) is 10.0. The standard InChI is InChI=1S/C13H15ClO2/c1-2-16-13(15)8-10-7-12(10)9-3-5-11(14)6-4-9/h3-6,10,12H,2,7-8H2,1H3. The van der Waals surface area contributed by atoms with Gasteiger partial charge in [-0.1, -0.05) is 23.7 Å². The lowest BCUT2D eigenvalue weighted by atomic mass is 10.1. The number of halogens is 1. The summed E-state index contributed by atoms with van der Waals surface area (Å²) in [5.74, 6) is 0.894. The molecule has 0 N–H and O–H groups in total. The minimum atomic E-state index is -0.0797. The Morgan fingerprint density at radius 2 is 2.12 bits per heavy atom. The zero-order chi connectivity index (χ0) is 11.5. The second-order valence-electron chi connectivity index (χ2n) is 4.16. The fourth-order valence-corrected chi connectivity index (χ4v) is 2.15. The number of carbonyl (C=O) groups excluding carboxylic acids is 1. The minimum absolute atomic E-state index is 0.0797. The summed E-state index contributed by atoms with van der Waals surface area (Å²) in [5.41, 5.74) is 1.28. The van der Waals surface area contributed by atoms with Crippen molar-refractivity contribution in [2.45, 2.75) is 25.7 Å². The molecule has 0 saturated heterocycles. The van der Waals surface area contributed by atoms with Crippen LogP contribution in [0.4, 0.5) is 0 Å². The second kappa shape index (κ2) is 4.88. The molecular formula is C13H15ClO2. The number of benzene rings is 1.